The lowest BCUT2D eigenvalue weighted by Crippen LogP contribution is -2.35. The Labute approximate surface area is 160 Å². The maximum Gasteiger partial charge on any atom is 0.270 e. The molecule has 4 rings (SSSR count). The smallest absolute Gasteiger partial charge is 0.270 e. The topological polar surface area (TPSA) is 41.6 Å². The molecule has 0 N–H and O–H groups in total. The van der Waals surface area contributed by atoms with E-state index in [0.29, 0.717) is 0 Å². The van der Waals surface area contributed by atoms with E-state index in [2.05, 4.69) is 30.0 Å². The van der Waals surface area contributed by atoms with Crippen LogP contribution >= 0.6 is 0 Å². The number of carbonyl (C=O) groups is 1. The van der Waals surface area contributed by atoms with Crippen molar-refractivity contribution in [2.75, 3.05) is 26.2 Å². The number of rotatable bonds is 3. The zero-order chi connectivity index (χ0) is 19.0. The number of benzene rings is 1. The van der Waals surface area contributed by atoms with Gasteiger partial charge in [-0.25, -0.2) is 0 Å². The second-order valence-electron chi connectivity index (χ2n) is 7.59. The van der Waals surface area contributed by atoms with Crippen molar-refractivity contribution in [3.63, 3.8) is 0 Å². The second-order valence-corrected chi connectivity index (χ2v) is 7.59. The summed E-state index contributed by atoms with van der Waals surface area (Å²) in [5, 5.41) is 1.13. The van der Waals surface area contributed by atoms with E-state index in [4.69, 9.17) is 4.42 Å². The first kappa shape index (κ1) is 17.9. The van der Waals surface area contributed by atoms with Gasteiger partial charge in [0.25, 0.3) is 5.91 Å². The summed E-state index contributed by atoms with van der Waals surface area (Å²) < 4.78 is 7.72. The minimum absolute atomic E-state index is 0.127. The van der Waals surface area contributed by atoms with Crippen molar-refractivity contribution in [2.24, 2.45) is 7.05 Å². The molecule has 3 aromatic rings. The Hall–Kier alpha value is -2.53. The van der Waals surface area contributed by atoms with Gasteiger partial charge >= 0.3 is 0 Å². The monoisotopic (exact) mass is 365 g/mol. The number of nitrogens with zero attached hydrogens (tertiary/aromatic N) is 3. The molecule has 1 aliphatic rings. The molecule has 1 aromatic carbocycles. The molecule has 0 unspecified atom stereocenters. The van der Waals surface area contributed by atoms with Crippen LogP contribution in [0, 0.1) is 13.8 Å². The molecule has 1 aliphatic heterocycles. The standard InChI is InChI=1S/C22H27N3O2/c1-16-5-8-20-18(13-16)14-21(23(20)3)22(26)25-10-4-9-24(11-12-25)15-19-7-6-17(2)27-19/h5-8,13-14H,4,9-12,15H2,1-3H3. The number of fused-ring (bicyclic) bond motifs is 1. The van der Waals surface area contributed by atoms with Crippen LogP contribution in [-0.4, -0.2) is 46.5 Å². The molecule has 1 fully saturated rings. The van der Waals surface area contributed by atoms with Crippen LogP contribution in [0.2, 0.25) is 0 Å². The number of aromatic nitrogens is 1. The van der Waals surface area contributed by atoms with Gasteiger partial charge in [0.2, 0.25) is 0 Å². The minimum Gasteiger partial charge on any atom is -0.465 e. The zero-order valence-electron chi connectivity index (χ0n) is 16.4. The normalized spacial score (nSPS) is 16.0. The van der Waals surface area contributed by atoms with E-state index in [-0.39, 0.29) is 5.91 Å². The van der Waals surface area contributed by atoms with Gasteiger partial charge in [-0.2, -0.15) is 0 Å². The van der Waals surface area contributed by atoms with E-state index >= 15 is 0 Å². The highest BCUT2D eigenvalue weighted by atomic mass is 16.3. The average molecular weight is 365 g/mol. The van der Waals surface area contributed by atoms with E-state index in [1.165, 1.54) is 5.56 Å². The molecule has 1 amide bonds. The molecule has 0 radical (unpaired) electrons. The van der Waals surface area contributed by atoms with E-state index in [9.17, 15) is 4.79 Å². The molecule has 142 valence electrons. The molecular weight excluding hydrogens is 338 g/mol. The Morgan fingerprint density at radius 1 is 1.04 bits per heavy atom. The minimum atomic E-state index is 0.127. The van der Waals surface area contributed by atoms with E-state index in [1.54, 1.807) is 0 Å². The van der Waals surface area contributed by atoms with Crippen molar-refractivity contribution in [3.05, 3.63) is 59.2 Å². The molecule has 5 nitrogen and oxygen atoms in total. The Morgan fingerprint density at radius 3 is 2.67 bits per heavy atom. The zero-order valence-corrected chi connectivity index (χ0v) is 16.4. The number of hydrogen-bond donors (Lipinski definition) is 0. The van der Waals surface area contributed by atoms with Gasteiger partial charge in [0.1, 0.15) is 17.2 Å². The number of amides is 1. The summed E-state index contributed by atoms with van der Waals surface area (Å²) in [4.78, 5) is 17.5. The molecule has 0 bridgehead atoms. The van der Waals surface area contributed by atoms with Crippen LogP contribution < -0.4 is 0 Å². The van der Waals surface area contributed by atoms with Crippen molar-refractivity contribution >= 4 is 16.8 Å². The fourth-order valence-corrected chi connectivity index (χ4v) is 3.96. The number of furan rings is 1. The molecule has 0 saturated carbocycles. The summed E-state index contributed by atoms with van der Waals surface area (Å²) >= 11 is 0. The van der Waals surface area contributed by atoms with E-state index in [0.717, 1.165) is 67.3 Å². The van der Waals surface area contributed by atoms with Gasteiger partial charge in [-0.05, 0) is 50.6 Å². The molecule has 27 heavy (non-hydrogen) atoms. The third-order valence-electron chi connectivity index (χ3n) is 5.47. The summed E-state index contributed by atoms with van der Waals surface area (Å²) in [6, 6.07) is 12.4. The van der Waals surface area contributed by atoms with Crippen molar-refractivity contribution in [1.82, 2.24) is 14.4 Å². The first-order valence-electron chi connectivity index (χ1n) is 9.64. The summed E-state index contributed by atoms with van der Waals surface area (Å²) in [6.45, 7) is 8.26. The van der Waals surface area contributed by atoms with Gasteiger partial charge < -0.3 is 13.9 Å². The molecule has 3 heterocycles. The van der Waals surface area contributed by atoms with E-state index < -0.39 is 0 Å². The third kappa shape index (κ3) is 3.65. The first-order valence-corrected chi connectivity index (χ1v) is 9.64. The van der Waals surface area contributed by atoms with Gasteiger partial charge in [-0.3, -0.25) is 9.69 Å². The predicted molar refractivity (Wildman–Crippen MR) is 107 cm³/mol. The van der Waals surface area contributed by atoms with Crippen LogP contribution in [0.3, 0.4) is 0 Å². The molecule has 0 spiro atoms. The summed E-state index contributed by atoms with van der Waals surface area (Å²) in [6.07, 6.45) is 0.981. The van der Waals surface area contributed by atoms with Crippen LogP contribution in [0.15, 0.2) is 40.8 Å². The molecule has 2 aromatic heterocycles. The van der Waals surface area contributed by atoms with Crippen LogP contribution in [0.25, 0.3) is 10.9 Å². The third-order valence-corrected chi connectivity index (χ3v) is 5.47. The van der Waals surface area contributed by atoms with Crippen LogP contribution in [0.5, 0.6) is 0 Å². The van der Waals surface area contributed by atoms with Crippen molar-refractivity contribution in [3.8, 4) is 0 Å². The van der Waals surface area contributed by atoms with Gasteiger partial charge in [0.15, 0.2) is 0 Å². The number of carbonyl (C=O) groups excluding carboxylic acids is 1. The average Bonchev–Trinajstić information content (AvgIpc) is 3.09. The van der Waals surface area contributed by atoms with E-state index in [1.807, 2.05) is 41.6 Å². The van der Waals surface area contributed by atoms with Crippen molar-refractivity contribution < 1.29 is 9.21 Å². The first-order chi connectivity index (χ1) is 13.0. The lowest BCUT2D eigenvalue weighted by atomic mass is 10.2. The number of aryl methyl sites for hydroxylation is 3. The van der Waals surface area contributed by atoms with Crippen LogP contribution in [0.4, 0.5) is 0 Å². The van der Waals surface area contributed by atoms with Gasteiger partial charge in [-0.15, -0.1) is 0 Å². The second kappa shape index (κ2) is 7.24. The maximum atomic E-state index is 13.2. The van der Waals surface area contributed by atoms with Crippen LogP contribution in [-0.2, 0) is 13.6 Å². The predicted octanol–water partition coefficient (Wildman–Crippen LogP) is 3.74. The summed E-state index contributed by atoms with van der Waals surface area (Å²) in [5.41, 5.74) is 3.09. The highest BCUT2D eigenvalue weighted by Gasteiger charge is 2.23. The fourth-order valence-electron chi connectivity index (χ4n) is 3.96. The lowest BCUT2D eigenvalue weighted by molar-refractivity contribution is 0.0751. The highest BCUT2D eigenvalue weighted by Crippen LogP contribution is 2.22. The van der Waals surface area contributed by atoms with Gasteiger partial charge in [0, 0.05) is 44.1 Å². The fraction of sp³-hybridized carbons (Fsp3) is 0.409. The summed E-state index contributed by atoms with van der Waals surface area (Å²) in [7, 11) is 1.98. The molecule has 5 heteroatoms. The molecular formula is C22H27N3O2. The largest absolute Gasteiger partial charge is 0.465 e. The molecule has 0 atom stereocenters. The molecule has 1 saturated heterocycles. The molecule has 0 aliphatic carbocycles. The van der Waals surface area contributed by atoms with Gasteiger partial charge in [0.05, 0.1) is 6.54 Å². The van der Waals surface area contributed by atoms with Crippen molar-refractivity contribution in [2.45, 2.75) is 26.8 Å². The van der Waals surface area contributed by atoms with Crippen LogP contribution in [0.1, 0.15) is 34.0 Å². The SMILES string of the molecule is Cc1ccc2c(c1)cc(C(=O)N1CCCN(Cc3ccc(C)o3)CC1)n2C. The lowest BCUT2D eigenvalue weighted by Gasteiger charge is -2.21. The summed E-state index contributed by atoms with van der Waals surface area (Å²) in [5.74, 6) is 2.07. The Balaban J connectivity index is 1.47. The Bertz CT molecular complexity index is 969. The van der Waals surface area contributed by atoms with Gasteiger partial charge in [-0.1, -0.05) is 11.6 Å². The van der Waals surface area contributed by atoms with Crippen molar-refractivity contribution in [1.29, 1.82) is 0 Å². The quantitative estimate of drug-likeness (QED) is 0.710. The highest BCUT2D eigenvalue weighted by molar-refractivity contribution is 5.98. The number of hydrogen-bond acceptors (Lipinski definition) is 3. The Morgan fingerprint density at radius 2 is 1.89 bits per heavy atom. The Kier molecular flexibility index (Phi) is 4.79. The maximum absolute atomic E-state index is 13.2.